The number of pyridine rings is 1. The molecule has 0 fully saturated rings. The molecular weight excluding hydrogens is 262 g/mol. The molecular formula is C17H13N3O. The zero-order valence-corrected chi connectivity index (χ0v) is 11.0. The summed E-state index contributed by atoms with van der Waals surface area (Å²) >= 11 is 0. The highest BCUT2D eigenvalue weighted by Crippen LogP contribution is 2.32. The van der Waals surface area contributed by atoms with Gasteiger partial charge >= 0.3 is 0 Å². The molecule has 4 nitrogen and oxygen atoms in total. The molecule has 1 aliphatic heterocycles. The predicted octanol–water partition coefficient (Wildman–Crippen LogP) is 3.07. The van der Waals surface area contributed by atoms with Crippen LogP contribution in [0.2, 0.25) is 0 Å². The predicted molar refractivity (Wildman–Crippen MR) is 83.7 cm³/mol. The van der Waals surface area contributed by atoms with Crippen LogP contribution in [0.25, 0.3) is 22.6 Å². The van der Waals surface area contributed by atoms with Crippen LogP contribution in [-0.4, -0.2) is 15.5 Å². The van der Waals surface area contributed by atoms with E-state index in [2.05, 4.69) is 10.3 Å². The second-order valence-corrected chi connectivity index (χ2v) is 4.88. The van der Waals surface area contributed by atoms with Gasteiger partial charge in [-0.1, -0.05) is 18.2 Å². The van der Waals surface area contributed by atoms with Crippen LogP contribution in [-0.2, 0) is 11.8 Å². The number of hydrogen-bond acceptors (Lipinski definition) is 2. The number of aryl methyl sites for hydroxylation is 1. The van der Waals surface area contributed by atoms with E-state index in [0.29, 0.717) is 28.0 Å². The Balaban J connectivity index is 1.94. The lowest BCUT2D eigenvalue weighted by atomic mass is 10.1. The number of nitrogens with one attached hydrogen (secondary N) is 1. The summed E-state index contributed by atoms with van der Waals surface area (Å²) in [6.45, 7) is -2.29. The number of amides is 1. The molecule has 1 aliphatic rings. The average Bonchev–Trinajstić information content (AvgIpc) is 3.07. The Hall–Kier alpha value is -2.88. The smallest absolute Gasteiger partial charge is 0.258 e. The van der Waals surface area contributed by atoms with E-state index < -0.39 is 6.98 Å². The van der Waals surface area contributed by atoms with Crippen LogP contribution in [0.5, 0.6) is 0 Å². The van der Waals surface area contributed by atoms with Crippen molar-refractivity contribution in [2.75, 3.05) is 5.32 Å². The van der Waals surface area contributed by atoms with Crippen LogP contribution in [0.1, 0.15) is 15.4 Å². The van der Waals surface area contributed by atoms with E-state index in [0.717, 1.165) is 5.39 Å². The van der Waals surface area contributed by atoms with E-state index >= 15 is 0 Å². The lowest BCUT2D eigenvalue weighted by molar-refractivity contribution is -0.110. The molecule has 0 saturated heterocycles. The summed E-state index contributed by atoms with van der Waals surface area (Å²) in [4.78, 5) is 16.5. The third-order valence-corrected chi connectivity index (χ3v) is 3.60. The van der Waals surface area contributed by atoms with Crippen molar-refractivity contribution in [2.45, 2.75) is 0 Å². The van der Waals surface area contributed by atoms with Crippen molar-refractivity contribution < 1.29 is 8.91 Å². The van der Waals surface area contributed by atoms with Crippen LogP contribution in [0.4, 0.5) is 5.69 Å². The summed E-state index contributed by atoms with van der Waals surface area (Å²) in [5.74, 6) is -0.241. The Bertz CT molecular complexity index is 1000. The molecule has 4 heteroatoms. The fraction of sp³-hybridized carbons (Fsp3) is 0.0588. The summed E-state index contributed by atoms with van der Waals surface area (Å²) in [6, 6.07) is 10.8. The van der Waals surface area contributed by atoms with Crippen LogP contribution >= 0.6 is 0 Å². The van der Waals surface area contributed by atoms with Gasteiger partial charge in [0.25, 0.3) is 5.91 Å². The van der Waals surface area contributed by atoms with Gasteiger partial charge < -0.3 is 9.88 Å². The van der Waals surface area contributed by atoms with Crippen molar-refractivity contribution in [3.05, 3.63) is 60.0 Å². The summed E-state index contributed by atoms with van der Waals surface area (Å²) in [5.41, 5.74) is 2.94. The minimum Gasteiger partial charge on any atom is -0.350 e. The first-order valence-corrected chi connectivity index (χ1v) is 6.54. The Labute approximate surface area is 125 Å². The quantitative estimate of drug-likeness (QED) is 0.695. The van der Waals surface area contributed by atoms with Crippen molar-refractivity contribution in [1.29, 1.82) is 0 Å². The fourth-order valence-electron chi connectivity index (χ4n) is 2.63. The van der Waals surface area contributed by atoms with Crippen LogP contribution in [0.15, 0.2) is 48.8 Å². The lowest BCUT2D eigenvalue weighted by Crippen LogP contribution is -2.03. The number of nitrogens with zero attached hydrogens (tertiary/aromatic N) is 2. The highest BCUT2D eigenvalue weighted by atomic mass is 16.2. The first-order valence-electron chi connectivity index (χ1n) is 8.04. The van der Waals surface area contributed by atoms with Gasteiger partial charge in [0.05, 0.1) is 17.0 Å². The van der Waals surface area contributed by atoms with Crippen molar-refractivity contribution in [2.24, 2.45) is 6.98 Å². The monoisotopic (exact) mass is 278 g/mol. The Morgan fingerprint density at radius 1 is 1.29 bits per heavy atom. The maximum absolute atomic E-state index is 12.2. The zero-order valence-electron chi connectivity index (χ0n) is 14.0. The SMILES string of the molecule is [2H]C([2H])([2H])n1cc(/C=C2\C(=O)Nc3cccnc32)c2ccccc21. The number of fused-ring (bicyclic) bond motifs is 2. The van der Waals surface area contributed by atoms with Crippen molar-refractivity contribution >= 4 is 34.1 Å². The standard InChI is InChI=1S/C17H13N3O/c1-20-10-11(12-5-2-3-7-15(12)20)9-13-16-14(19-17(13)21)6-4-8-18-16/h2-10H,1H3,(H,19,21)/b13-9-/i1D3. The molecule has 0 aliphatic carbocycles. The number of rotatable bonds is 1. The third-order valence-electron chi connectivity index (χ3n) is 3.60. The van der Waals surface area contributed by atoms with Gasteiger partial charge in [0.1, 0.15) is 0 Å². The second kappa shape index (κ2) is 4.31. The zero-order chi connectivity index (χ0) is 16.9. The van der Waals surface area contributed by atoms with Crippen molar-refractivity contribution in [3.8, 4) is 0 Å². The van der Waals surface area contributed by atoms with E-state index in [9.17, 15) is 4.79 Å². The molecule has 4 rings (SSSR count). The van der Waals surface area contributed by atoms with Gasteiger partial charge in [0, 0.05) is 39.9 Å². The molecule has 2 aromatic heterocycles. The molecule has 0 unspecified atom stereocenters. The molecule has 1 aromatic carbocycles. The van der Waals surface area contributed by atoms with Crippen molar-refractivity contribution in [3.63, 3.8) is 0 Å². The van der Waals surface area contributed by atoms with Crippen LogP contribution in [0, 0.1) is 0 Å². The maximum Gasteiger partial charge on any atom is 0.258 e. The molecule has 0 radical (unpaired) electrons. The summed E-state index contributed by atoms with van der Waals surface area (Å²) in [6.07, 6.45) is 4.87. The van der Waals surface area contributed by atoms with E-state index in [-0.39, 0.29) is 5.91 Å². The topological polar surface area (TPSA) is 46.9 Å². The lowest BCUT2D eigenvalue weighted by Gasteiger charge is -1.96. The molecule has 21 heavy (non-hydrogen) atoms. The Kier molecular flexibility index (Phi) is 1.87. The molecule has 0 bridgehead atoms. The number of carbonyl (C=O) groups excluding carboxylic acids is 1. The van der Waals surface area contributed by atoms with E-state index in [1.54, 1.807) is 42.7 Å². The molecule has 0 saturated carbocycles. The summed E-state index contributed by atoms with van der Waals surface area (Å²) < 4.78 is 24.3. The highest BCUT2D eigenvalue weighted by molar-refractivity contribution is 6.34. The summed E-state index contributed by atoms with van der Waals surface area (Å²) in [7, 11) is 0. The fourth-order valence-corrected chi connectivity index (χ4v) is 2.63. The van der Waals surface area contributed by atoms with E-state index in [1.807, 2.05) is 12.1 Å². The molecule has 1 N–H and O–H groups in total. The average molecular weight is 278 g/mol. The maximum atomic E-state index is 12.2. The second-order valence-electron chi connectivity index (χ2n) is 4.88. The number of para-hydroxylation sites is 1. The molecule has 0 atom stereocenters. The largest absolute Gasteiger partial charge is 0.350 e. The first-order chi connectivity index (χ1) is 11.4. The summed E-state index contributed by atoms with van der Waals surface area (Å²) in [5, 5.41) is 3.54. The minimum absolute atomic E-state index is 0.241. The van der Waals surface area contributed by atoms with Gasteiger partial charge in [0.15, 0.2) is 0 Å². The number of hydrogen-bond donors (Lipinski definition) is 1. The van der Waals surface area contributed by atoms with Gasteiger partial charge in [0.2, 0.25) is 0 Å². The van der Waals surface area contributed by atoms with Gasteiger partial charge in [-0.25, -0.2) is 0 Å². The molecule has 3 heterocycles. The minimum atomic E-state index is -2.29. The van der Waals surface area contributed by atoms with E-state index in [1.165, 1.54) is 4.57 Å². The van der Waals surface area contributed by atoms with E-state index in [4.69, 9.17) is 4.11 Å². The number of aromatic nitrogens is 2. The first kappa shape index (κ1) is 9.13. The highest BCUT2D eigenvalue weighted by Gasteiger charge is 2.25. The molecule has 102 valence electrons. The van der Waals surface area contributed by atoms with Gasteiger partial charge in [-0.3, -0.25) is 9.78 Å². The molecule has 3 aromatic rings. The van der Waals surface area contributed by atoms with Crippen LogP contribution < -0.4 is 5.32 Å². The van der Waals surface area contributed by atoms with Crippen molar-refractivity contribution in [1.82, 2.24) is 9.55 Å². The number of benzene rings is 1. The number of carbonyl (C=O) groups is 1. The van der Waals surface area contributed by atoms with Gasteiger partial charge in [-0.15, -0.1) is 0 Å². The normalized spacial score (nSPS) is 18.2. The Morgan fingerprint density at radius 2 is 2.19 bits per heavy atom. The van der Waals surface area contributed by atoms with Crippen LogP contribution in [0.3, 0.4) is 0 Å². The van der Waals surface area contributed by atoms with Gasteiger partial charge in [-0.2, -0.15) is 0 Å². The Morgan fingerprint density at radius 3 is 3.10 bits per heavy atom. The van der Waals surface area contributed by atoms with Gasteiger partial charge in [-0.05, 0) is 24.3 Å². The number of anilines is 1. The third kappa shape index (κ3) is 1.76. The molecule has 0 spiro atoms. The molecule has 1 amide bonds.